The first-order chi connectivity index (χ1) is 9.04. The van der Waals surface area contributed by atoms with E-state index in [9.17, 15) is 0 Å². The highest BCUT2D eigenvalue weighted by Crippen LogP contribution is 2.37. The van der Waals surface area contributed by atoms with E-state index in [1.807, 2.05) is 36.4 Å². The van der Waals surface area contributed by atoms with E-state index in [1.54, 1.807) is 0 Å². The Labute approximate surface area is 114 Å². The smallest absolute Gasteiger partial charge is 0.519 e. The van der Waals surface area contributed by atoms with Crippen molar-refractivity contribution in [2.45, 2.75) is 26.2 Å². The summed E-state index contributed by atoms with van der Waals surface area (Å²) < 4.78 is 11.7. The minimum absolute atomic E-state index is 0.114. The van der Waals surface area contributed by atoms with E-state index in [0.29, 0.717) is 0 Å². The third kappa shape index (κ3) is 2.33. The molecule has 0 aliphatic carbocycles. The van der Waals surface area contributed by atoms with Crippen molar-refractivity contribution in [3.05, 3.63) is 54.1 Å². The van der Waals surface area contributed by atoms with E-state index in [2.05, 4.69) is 32.9 Å². The summed E-state index contributed by atoms with van der Waals surface area (Å²) in [6, 6.07) is 16.2. The highest BCUT2D eigenvalue weighted by atomic mass is 16.6. The number of rotatable bonds is 1. The lowest BCUT2D eigenvalue weighted by molar-refractivity contribution is 0.518. The summed E-state index contributed by atoms with van der Waals surface area (Å²) in [5.74, 6) is 1.66. The first-order valence-corrected chi connectivity index (χ1v) is 6.57. The molecule has 0 radical (unpaired) electrons. The number of hydrogen-bond acceptors (Lipinski definition) is 2. The van der Waals surface area contributed by atoms with Gasteiger partial charge in [-0.25, -0.2) is 0 Å². The molecule has 0 unspecified atom stereocenters. The highest BCUT2D eigenvalue weighted by molar-refractivity contribution is 6.63. The van der Waals surface area contributed by atoms with Gasteiger partial charge in [0.25, 0.3) is 0 Å². The number of hydrogen-bond donors (Lipinski definition) is 0. The molecule has 1 aliphatic heterocycles. The molecule has 0 bridgehead atoms. The van der Waals surface area contributed by atoms with Crippen LogP contribution in [0.4, 0.5) is 0 Å². The zero-order valence-electron chi connectivity index (χ0n) is 11.5. The van der Waals surface area contributed by atoms with Crippen molar-refractivity contribution < 1.29 is 9.31 Å². The Bertz CT molecular complexity index is 587. The molecule has 0 saturated carbocycles. The molecule has 0 aromatic heterocycles. The molecule has 19 heavy (non-hydrogen) atoms. The normalized spacial score (nSPS) is 13.7. The molecular formula is C16H17BO2. The summed E-state index contributed by atoms with van der Waals surface area (Å²) in [4.78, 5) is 0. The van der Waals surface area contributed by atoms with Gasteiger partial charge >= 0.3 is 7.12 Å². The van der Waals surface area contributed by atoms with Crippen LogP contribution in [-0.2, 0) is 5.41 Å². The van der Waals surface area contributed by atoms with E-state index in [1.165, 1.54) is 5.56 Å². The molecule has 0 saturated heterocycles. The van der Waals surface area contributed by atoms with Gasteiger partial charge < -0.3 is 9.31 Å². The minimum atomic E-state index is -0.327. The van der Waals surface area contributed by atoms with Crippen molar-refractivity contribution in [2.75, 3.05) is 0 Å². The Kier molecular flexibility index (Phi) is 2.77. The average Bonchev–Trinajstić information content (AvgIpc) is 2.81. The van der Waals surface area contributed by atoms with Gasteiger partial charge in [-0.2, -0.15) is 0 Å². The van der Waals surface area contributed by atoms with Gasteiger partial charge in [0.1, 0.15) is 11.5 Å². The van der Waals surface area contributed by atoms with Gasteiger partial charge in [-0.15, -0.1) is 0 Å². The first kappa shape index (κ1) is 12.2. The lowest BCUT2D eigenvalue weighted by Crippen LogP contribution is -2.38. The van der Waals surface area contributed by atoms with E-state index in [4.69, 9.17) is 9.31 Å². The van der Waals surface area contributed by atoms with Gasteiger partial charge in [0.2, 0.25) is 0 Å². The Hall–Kier alpha value is -1.90. The van der Waals surface area contributed by atoms with Crippen LogP contribution in [0.2, 0.25) is 0 Å². The number of benzene rings is 2. The molecule has 0 N–H and O–H groups in total. The molecule has 0 atom stereocenters. The Balaban J connectivity index is 1.89. The minimum Gasteiger partial charge on any atom is -0.519 e. The Morgan fingerprint density at radius 2 is 1.53 bits per heavy atom. The lowest BCUT2D eigenvalue weighted by atomic mass is 9.79. The van der Waals surface area contributed by atoms with Crippen LogP contribution in [-0.4, -0.2) is 7.12 Å². The SMILES string of the molecule is CC(C)(C)c1ccc2c(c1)OB(c1ccccc1)O2. The van der Waals surface area contributed by atoms with Crippen molar-refractivity contribution in [1.82, 2.24) is 0 Å². The molecule has 2 aromatic rings. The molecule has 96 valence electrons. The Morgan fingerprint density at radius 1 is 0.842 bits per heavy atom. The van der Waals surface area contributed by atoms with Crippen LogP contribution in [0.3, 0.4) is 0 Å². The summed E-state index contributed by atoms with van der Waals surface area (Å²) in [6.07, 6.45) is 0. The molecule has 0 spiro atoms. The third-order valence-corrected chi connectivity index (χ3v) is 3.35. The summed E-state index contributed by atoms with van der Waals surface area (Å²) in [5.41, 5.74) is 2.41. The second-order valence-electron chi connectivity index (χ2n) is 5.89. The summed E-state index contributed by atoms with van der Waals surface area (Å²) in [7, 11) is -0.327. The topological polar surface area (TPSA) is 18.5 Å². The van der Waals surface area contributed by atoms with Crippen LogP contribution in [0.1, 0.15) is 26.3 Å². The standard InChI is InChI=1S/C16H17BO2/c1-16(2,3)12-9-10-14-15(11-12)19-17(18-14)13-7-5-4-6-8-13/h4-11H,1-3H3. The Morgan fingerprint density at radius 3 is 2.21 bits per heavy atom. The van der Waals surface area contributed by atoms with Crippen molar-refractivity contribution in [3.63, 3.8) is 0 Å². The predicted octanol–water partition coefficient (Wildman–Crippen LogP) is 3.15. The van der Waals surface area contributed by atoms with Crippen LogP contribution >= 0.6 is 0 Å². The molecular weight excluding hydrogens is 235 g/mol. The van der Waals surface area contributed by atoms with Gasteiger partial charge in [0, 0.05) is 5.46 Å². The van der Waals surface area contributed by atoms with Crippen LogP contribution in [0.25, 0.3) is 0 Å². The van der Waals surface area contributed by atoms with Gasteiger partial charge in [0.15, 0.2) is 0 Å². The molecule has 2 nitrogen and oxygen atoms in total. The average molecular weight is 252 g/mol. The van der Waals surface area contributed by atoms with Crippen molar-refractivity contribution in [1.29, 1.82) is 0 Å². The van der Waals surface area contributed by atoms with E-state index in [0.717, 1.165) is 17.0 Å². The van der Waals surface area contributed by atoms with Crippen molar-refractivity contribution >= 4 is 12.6 Å². The predicted molar refractivity (Wildman–Crippen MR) is 78.2 cm³/mol. The second-order valence-corrected chi connectivity index (χ2v) is 5.89. The molecule has 3 rings (SSSR count). The fourth-order valence-electron chi connectivity index (χ4n) is 2.16. The van der Waals surface area contributed by atoms with Crippen molar-refractivity contribution in [3.8, 4) is 11.5 Å². The molecule has 1 aliphatic rings. The van der Waals surface area contributed by atoms with Gasteiger partial charge in [-0.05, 0) is 23.1 Å². The van der Waals surface area contributed by atoms with Gasteiger partial charge in [-0.3, -0.25) is 0 Å². The van der Waals surface area contributed by atoms with Crippen LogP contribution in [0.15, 0.2) is 48.5 Å². The summed E-state index contributed by atoms with van der Waals surface area (Å²) in [6.45, 7) is 6.58. The van der Waals surface area contributed by atoms with Crippen LogP contribution in [0, 0.1) is 0 Å². The van der Waals surface area contributed by atoms with Gasteiger partial charge in [-0.1, -0.05) is 57.2 Å². The quantitative estimate of drug-likeness (QED) is 0.726. The maximum Gasteiger partial charge on any atom is 0.632 e. The summed E-state index contributed by atoms with van der Waals surface area (Å²) >= 11 is 0. The second kappa shape index (κ2) is 4.34. The zero-order valence-corrected chi connectivity index (χ0v) is 11.5. The van der Waals surface area contributed by atoms with E-state index >= 15 is 0 Å². The highest BCUT2D eigenvalue weighted by Gasteiger charge is 2.34. The fraction of sp³-hybridized carbons (Fsp3) is 0.250. The van der Waals surface area contributed by atoms with Crippen LogP contribution in [0.5, 0.6) is 11.5 Å². The monoisotopic (exact) mass is 252 g/mol. The van der Waals surface area contributed by atoms with E-state index < -0.39 is 0 Å². The maximum atomic E-state index is 5.91. The zero-order chi connectivity index (χ0) is 13.5. The third-order valence-electron chi connectivity index (χ3n) is 3.35. The fourth-order valence-corrected chi connectivity index (χ4v) is 2.16. The van der Waals surface area contributed by atoms with Gasteiger partial charge in [0.05, 0.1) is 0 Å². The first-order valence-electron chi connectivity index (χ1n) is 6.57. The number of fused-ring (bicyclic) bond motifs is 1. The molecule has 1 heterocycles. The molecule has 2 aromatic carbocycles. The van der Waals surface area contributed by atoms with Crippen LogP contribution < -0.4 is 14.8 Å². The summed E-state index contributed by atoms with van der Waals surface area (Å²) in [5, 5.41) is 0. The largest absolute Gasteiger partial charge is 0.632 e. The maximum absolute atomic E-state index is 5.91. The van der Waals surface area contributed by atoms with Crippen molar-refractivity contribution in [2.24, 2.45) is 0 Å². The molecule has 0 amide bonds. The molecule has 0 fully saturated rings. The molecule has 3 heteroatoms. The van der Waals surface area contributed by atoms with E-state index in [-0.39, 0.29) is 12.5 Å². The lowest BCUT2D eigenvalue weighted by Gasteiger charge is -2.19.